The zero-order valence-corrected chi connectivity index (χ0v) is 28.6. The van der Waals surface area contributed by atoms with E-state index in [0.29, 0.717) is 58.1 Å². The van der Waals surface area contributed by atoms with Crippen LogP contribution in [0.3, 0.4) is 0 Å². The van der Waals surface area contributed by atoms with Crippen molar-refractivity contribution in [2.75, 3.05) is 70.2 Å². The van der Waals surface area contributed by atoms with Crippen LogP contribution >= 0.6 is 0 Å². The van der Waals surface area contributed by atoms with Gasteiger partial charge in [0.2, 0.25) is 5.91 Å². The molecule has 4 heterocycles. The number of carbonyl (C=O) groups excluding carboxylic acids is 2. The van der Waals surface area contributed by atoms with E-state index in [1.807, 2.05) is 51.5 Å². The Morgan fingerprint density at radius 1 is 0.939 bits per heavy atom. The molecule has 0 radical (unpaired) electrons. The molecule has 3 aromatic carbocycles. The smallest absolute Gasteiger partial charge is 0.410 e. The Kier molecular flexibility index (Phi) is 9.52. The van der Waals surface area contributed by atoms with Gasteiger partial charge in [0.25, 0.3) is 0 Å². The van der Waals surface area contributed by atoms with Crippen LogP contribution in [-0.2, 0) is 29.1 Å². The van der Waals surface area contributed by atoms with Crippen molar-refractivity contribution >= 4 is 34.3 Å². The van der Waals surface area contributed by atoms with Crippen molar-refractivity contribution in [1.82, 2.24) is 24.7 Å². The molecule has 0 aliphatic carbocycles. The molecule has 2 atom stereocenters. The maximum atomic E-state index is 13.4. The highest BCUT2D eigenvalue weighted by molar-refractivity contribution is 5.94. The van der Waals surface area contributed by atoms with E-state index < -0.39 is 0 Å². The minimum atomic E-state index is -0.343. The Labute approximate surface area is 288 Å². The molecule has 256 valence electrons. The van der Waals surface area contributed by atoms with Gasteiger partial charge in [-0.15, -0.1) is 0 Å². The second-order valence-electron chi connectivity index (χ2n) is 13.6. The number of hydrogen-bond acceptors (Lipinski definition) is 9. The van der Waals surface area contributed by atoms with Crippen LogP contribution in [0.5, 0.6) is 6.01 Å². The summed E-state index contributed by atoms with van der Waals surface area (Å²) in [4.78, 5) is 47.1. The van der Waals surface area contributed by atoms with E-state index >= 15 is 0 Å². The largest absolute Gasteiger partial charge is 0.457 e. The lowest BCUT2D eigenvalue weighted by Crippen LogP contribution is -2.56. The van der Waals surface area contributed by atoms with Crippen molar-refractivity contribution in [1.29, 1.82) is 0 Å². The van der Waals surface area contributed by atoms with Crippen LogP contribution in [-0.4, -0.2) is 109 Å². The predicted molar refractivity (Wildman–Crippen MR) is 190 cm³/mol. The van der Waals surface area contributed by atoms with E-state index in [4.69, 9.17) is 19.4 Å². The number of benzene rings is 3. The molecular weight excluding hydrogens is 618 g/mol. The third-order valence-electron chi connectivity index (χ3n) is 9.78. The van der Waals surface area contributed by atoms with Gasteiger partial charge in [0.05, 0.1) is 18.8 Å². The molecule has 0 N–H and O–H groups in total. The van der Waals surface area contributed by atoms with Gasteiger partial charge in [0, 0.05) is 68.9 Å². The molecule has 7 rings (SSSR count). The lowest BCUT2D eigenvalue weighted by molar-refractivity contribution is -0.131. The van der Waals surface area contributed by atoms with Gasteiger partial charge in [0.15, 0.2) is 0 Å². The number of ether oxygens (including phenoxy) is 2. The molecule has 49 heavy (non-hydrogen) atoms. The molecule has 3 aliphatic rings. The van der Waals surface area contributed by atoms with Gasteiger partial charge < -0.3 is 34.0 Å². The van der Waals surface area contributed by atoms with Crippen molar-refractivity contribution in [3.63, 3.8) is 0 Å². The standard InChI is InChI=1S/C38H45N7O4/c1-41(2)23-30-24-42(3)35(46)17-16-29-22-44(38(47)48-26-27-10-5-4-6-11-27)20-21-45(29)36-32-18-19-43(25-33(32)39-37(40-36)49-30)34-15-9-13-28-12-7-8-14-31(28)34/h4-15,29-30H,16-26H2,1-3H3. The summed E-state index contributed by atoms with van der Waals surface area (Å²) in [5.41, 5.74) is 4.19. The number of anilines is 2. The van der Waals surface area contributed by atoms with Crippen LogP contribution in [0.15, 0.2) is 72.8 Å². The van der Waals surface area contributed by atoms with Gasteiger partial charge in [-0.2, -0.15) is 9.97 Å². The maximum Gasteiger partial charge on any atom is 0.410 e. The van der Waals surface area contributed by atoms with Gasteiger partial charge in [-0.25, -0.2) is 4.79 Å². The summed E-state index contributed by atoms with van der Waals surface area (Å²) in [7, 11) is 5.82. The molecule has 0 spiro atoms. The van der Waals surface area contributed by atoms with Gasteiger partial charge in [0.1, 0.15) is 18.5 Å². The van der Waals surface area contributed by atoms with E-state index in [0.717, 1.165) is 35.6 Å². The highest BCUT2D eigenvalue weighted by Gasteiger charge is 2.36. The van der Waals surface area contributed by atoms with Crippen molar-refractivity contribution in [3.8, 4) is 6.01 Å². The molecular formula is C38H45N7O4. The topological polar surface area (TPSA) is 94.6 Å². The summed E-state index contributed by atoms with van der Waals surface area (Å²) in [6.45, 7) is 4.18. The fourth-order valence-electron chi connectivity index (χ4n) is 7.30. The van der Waals surface area contributed by atoms with Gasteiger partial charge in [-0.1, -0.05) is 66.7 Å². The SMILES string of the molecule is CN(C)CC1CN(C)C(=O)CCC2CN(C(=O)OCc3ccccc3)CCN2c2nc(nc3c2CCN(c2cccc4ccccc24)C3)O1. The average molecular weight is 664 g/mol. The van der Waals surface area contributed by atoms with Crippen LogP contribution in [0.25, 0.3) is 10.8 Å². The Morgan fingerprint density at radius 2 is 1.73 bits per heavy atom. The quantitative estimate of drug-likeness (QED) is 0.304. The molecule has 3 aliphatic heterocycles. The Hall–Kier alpha value is -4.90. The molecule has 11 nitrogen and oxygen atoms in total. The zero-order valence-electron chi connectivity index (χ0n) is 28.6. The number of aromatic nitrogens is 2. The molecule has 2 amide bonds. The minimum absolute atomic E-state index is 0.0500. The normalized spacial score (nSPS) is 19.9. The Bertz CT molecular complexity index is 1800. The second-order valence-corrected chi connectivity index (χ2v) is 13.6. The minimum Gasteiger partial charge on any atom is -0.457 e. The summed E-state index contributed by atoms with van der Waals surface area (Å²) in [6.07, 6.45) is 1.06. The number of rotatable bonds is 5. The van der Waals surface area contributed by atoms with Crippen molar-refractivity contribution in [3.05, 3.63) is 89.6 Å². The first-order valence-electron chi connectivity index (χ1n) is 17.2. The lowest BCUT2D eigenvalue weighted by Gasteiger charge is -2.43. The van der Waals surface area contributed by atoms with Crippen molar-refractivity contribution in [2.45, 2.75) is 44.6 Å². The fraction of sp³-hybridized carbons (Fsp3) is 0.421. The van der Waals surface area contributed by atoms with Crippen LogP contribution in [0, 0.1) is 0 Å². The average Bonchev–Trinajstić information content (AvgIpc) is 3.11. The van der Waals surface area contributed by atoms with Crippen LogP contribution < -0.4 is 14.5 Å². The maximum absolute atomic E-state index is 13.4. The van der Waals surface area contributed by atoms with Crippen molar-refractivity contribution < 1.29 is 19.1 Å². The van der Waals surface area contributed by atoms with Crippen LogP contribution in [0.4, 0.5) is 16.3 Å². The van der Waals surface area contributed by atoms with E-state index in [1.54, 1.807) is 9.80 Å². The molecule has 2 unspecified atom stereocenters. The molecule has 2 bridgehead atoms. The Morgan fingerprint density at radius 3 is 2.57 bits per heavy atom. The van der Waals surface area contributed by atoms with Gasteiger partial charge in [-0.05, 0) is 44.0 Å². The van der Waals surface area contributed by atoms with Crippen LogP contribution in [0.1, 0.15) is 29.7 Å². The molecule has 1 aromatic heterocycles. The van der Waals surface area contributed by atoms with Crippen molar-refractivity contribution in [2.24, 2.45) is 0 Å². The molecule has 1 saturated heterocycles. The first-order chi connectivity index (χ1) is 23.8. The predicted octanol–water partition coefficient (Wildman–Crippen LogP) is 4.58. The number of amides is 2. The summed E-state index contributed by atoms with van der Waals surface area (Å²) in [5, 5.41) is 2.43. The number of nitrogens with zero attached hydrogens (tertiary/aromatic N) is 7. The number of hydrogen-bond donors (Lipinski definition) is 0. The summed E-state index contributed by atoms with van der Waals surface area (Å²) < 4.78 is 12.3. The van der Waals surface area contributed by atoms with Gasteiger partial charge >= 0.3 is 12.1 Å². The van der Waals surface area contributed by atoms with Gasteiger partial charge in [-0.3, -0.25) is 4.79 Å². The number of fused-ring (bicyclic) bond motifs is 7. The summed E-state index contributed by atoms with van der Waals surface area (Å²) >= 11 is 0. The second kappa shape index (κ2) is 14.3. The van der Waals surface area contributed by atoms with E-state index in [2.05, 4.69) is 57.2 Å². The number of carbonyl (C=O) groups is 2. The van der Waals surface area contributed by atoms with Crippen LogP contribution in [0.2, 0.25) is 0 Å². The third kappa shape index (κ3) is 7.27. The molecule has 0 saturated carbocycles. The molecule has 11 heteroatoms. The summed E-state index contributed by atoms with van der Waals surface area (Å²) in [5.74, 6) is 0.902. The van der Waals surface area contributed by atoms with E-state index in [-0.39, 0.29) is 30.8 Å². The molecule has 4 aromatic rings. The van der Waals surface area contributed by atoms with E-state index in [9.17, 15) is 9.59 Å². The first kappa shape index (κ1) is 32.6. The fourth-order valence-corrected chi connectivity index (χ4v) is 7.30. The Balaban J connectivity index is 1.22. The highest BCUT2D eigenvalue weighted by Crippen LogP contribution is 2.36. The van der Waals surface area contributed by atoms with E-state index in [1.165, 1.54) is 16.5 Å². The monoisotopic (exact) mass is 663 g/mol. The lowest BCUT2D eigenvalue weighted by atomic mass is 9.99. The zero-order chi connectivity index (χ0) is 33.9. The third-order valence-corrected chi connectivity index (χ3v) is 9.78. The summed E-state index contributed by atoms with van der Waals surface area (Å²) in [6, 6.07) is 24.8. The number of likely N-dealkylation sites (N-methyl/N-ethyl adjacent to an activating group) is 2. The highest BCUT2D eigenvalue weighted by atomic mass is 16.6. The number of piperazine rings is 1. The first-order valence-corrected chi connectivity index (χ1v) is 17.2. The molecule has 1 fully saturated rings.